The van der Waals surface area contributed by atoms with Gasteiger partial charge >= 0.3 is 21.5 Å². The molecule has 0 aliphatic carbocycles. The molecule has 29 heavy (non-hydrogen) atoms. The number of hydrogen-bond donors (Lipinski definition) is 0. The first kappa shape index (κ1) is 23.5. The number of aromatic nitrogens is 2. The van der Waals surface area contributed by atoms with Gasteiger partial charge in [0.15, 0.2) is 5.69 Å². The molecule has 1 heterocycles. The lowest BCUT2D eigenvalue weighted by atomic mass is 10.1. The van der Waals surface area contributed by atoms with Crippen molar-refractivity contribution in [3.63, 3.8) is 0 Å². The molecule has 2 rings (SSSR count). The van der Waals surface area contributed by atoms with Crippen molar-refractivity contribution in [1.29, 1.82) is 5.26 Å². The Morgan fingerprint density at radius 2 is 1.69 bits per heavy atom. The summed E-state index contributed by atoms with van der Waals surface area (Å²) in [5, 5.41) is 3.96. The van der Waals surface area contributed by atoms with E-state index in [1.165, 1.54) is 13.0 Å². The first-order valence-electron chi connectivity index (χ1n) is 7.21. The van der Waals surface area contributed by atoms with E-state index in [4.69, 9.17) is 44.8 Å². The Balaban J connectivity index is 2.76. The van der Waals surface area contributed by atoms with Crippen molar-refractivity contribution in [2.75, 3.05) is 6.61 Å². The van der Waals surface area contributed by atoms with Gasteiger partial charge in [0, 0.05) is 0 Å². The Hall–Kier alpha value is -1.81. The lowest BCUT2D eigenvalue weighted by molar-refractivity contribution is -0.137. The summed E-state index contributed by atoms with van der Waals surface area (Å²) in [6, 6.07) is 1.60. The van der Waals surface area contributed by atoms with Crippen molar-refractivity contribution >= 4 is 44.8 Å². The first-order chi connectivity index (χ1) is 13.2. The number of alkyl halides is 5. The monoisotopic (exact) mass is 497 g/mol. The molecule has 6 nitrogen and oxygen atoms in total. The van der Waals surface area contributed by atoms with Gasteiger partial charge in [0.05, 0.1) is 27.8 Å². The molecule has 0 aliphatic rings. The summed E-state index contributed by atoms with van der Waals surface area (Å²) < 4.78 is 98.0. The molecule has 0 saturated heterocycles. The van der Waals surface area contributed by atoms with Crippen LogP contribution < -0.4 is 4.74 Å². The molecule has 0 saturated carbocycles. The number of ether oxygens (including phenoxy) is 1. The molecule has 0 bridgehead atoms. The summed E-state index contributed by atoms with van der Waals surface area (Å²) in [4.78, 5) is 0. The van der Waals surface area contributed by atoms with Gasteiger partial charge in [-0.05, 0) is 19.1 Å². The van der Waals surface area contributed by atoms with Crippen LogP contribution in [-0.4, -0.2) is 24.2 Å². The minimum absolute atomic E-state index is 0.104. The highest BCUT2D eigenvalue weighted by molar-refractivity contribution is 7.90. The molecule has 0 unspecified atom stereocenters. The zero-order valence-corrected chi connectivity index (χ0v) is 16.9. The summed E-state index contributed by atoms with van der Waals surface area (Å²) in [6.45, 7) is 1.13. The SMILES string of the molecule is CCOc1c(Cl)c(C#N)nn1S(=O)(=O)C(F)(F)c1c(Cl)cc(C(F)(F)F)cc1Cl. The maximum absolute atomic E-state index is 15.0. The average Bonchev–Trinajstić information content (AvgIpc) is 2.90. The van der Waals surface area contributed by atoms with Crippen molar-refractivity contribution < 1.29 is 35.1 Å². The number of rotatable bonds is 5. The quantitative estimate of drug-likeness (QED) is 0.538. The van der Waals surface area contributed by atoms with Crippen LogP contribution in [0.2, 0.25) is 15.1 Å². The fourth-order valence-electron chi connectivity index (χ4n) is 2.11. The van der Waals surface area contributed by atoms with Gasteiger partial charge in [-0.1, -0.05) is 34.8 Å². The van der Waals surface area contributed by atoms with Crippen molar-refractivity contribution in [3.05, 3.63) is 44.0 Å². The molecule has 0 spiro atoms. The van der Waals surface area contributed by atoms with Gasteiger partial charge < -0.3 is 4.74 Å². The summed E-state index contributed by atoms with van der Waals surface area (Å²) in [5.41, 5.74) is -3.81. The Kier molecular flexibility index (Phi) is 6.30. The second-order valence-electron chi connectivity index (χ2n) is 5.19. The summed E-state index contributed by atoms with van der Waals surface area (Å²) in [7, 11) is -5.89. The Morgan fingerprint density at radius 1 is 1.17 bits per heavy atom. The van der Waals surface area contributed by atoms with Crippen LogP contribution in [-0.2, 0) is 21.5 Å². The number of nitrogens with zero attached hydrogens (tertiary/aromatic N) is 3. The standard InChI is InChI=1S/C14H7Cl3F5N3O3S/c1-2-28-12-11(17)9(5-23)24-25(12)29(26,27)14(21,22)10-7(15)3-6(4-8(10)16)13(18,19)20/h3-4H,2H2,1H3. The first-order valence-corrected chi connectivity index (χ1v) is 9.78. The lowest BCUT2D eigenvalue weighted by Gasteiger charge is -2.21. The summed E-state index contributed by atoms with van der Waals surface area (Å²) >= 11 is 16.8. The van der Waals surface area contributed by atoms with Crippen LogP contribution in [0.15, 0.2) is 12.1 Å². The van der Waals surface area contributed by atoms with E-state index in [-0.39, 0.29) is 22.8 Å². The molecule has 0 atom stereocenters. The third-order valence-corrected chi connectivity index (χ3v) is 5.85. The van der Waals surface area contributed by atoms with Crippen LogP contribution >= 0.6 is 34.8 Å². The number of nitriles is 1. The molecule has 2 aromatic rings. The van der Waals surface area contributed by atoms with Crippen LogP contribution in [0.5, 0.6) is 5.88 Å². The highest BCUT2D eigenvalue weighted by Crippen LogP contribution is 2.47. The van der Waals surface area contributed by atoms with Crippen molar-refractivity contribution in [3.8, 4) is 11.9 Å². The lowest BCUT2D eigenvalue weighted by Crippen LogP contribution is -2.34. The molecule has 158 valence electrons. The number of halogens is 8. The van der Waals surface area contributed by atoms with Gasteiger partial charge in [-0.3, -0.25) is 0 Å². The van der Waals surface area contributed by atoms with E-state index >= 15 is 0 Å². The van der Waals surface area contributed by atoms with Gasteiger partial charge in [-0.25, -0.2) is 0 Å². The Bertz CT molecular complexity index is 1090. The third kappa shape index (κ3) is 3.96. The molecule has 15 heteroatoms. The minimum Gasteiger partial charge on any atom is -0.476 e. The van der Waals surface area contributed by atoms with E-state index in [1.807, 2.05) is 0 Å². The van der Waals surface area contributed by atoms with Gasteiger partial charge in [-0.2, -0.15) is 35.6 Å². The van der Waals surface area contributed by atoms with E-state index in [2.05, 4.69) is 5.10 Å². The predicted molar refractivity (Wildman–Crippen MR) is 92.8 cm³/mol. The van der Waals surface area contributed by atoms with E-state index in [1.54, 1.807) is 0 Å². The maximum Gasteiger partial charge on any atom is 0.416 e. The smallest absolute Gasteiger partial charge is 0.416 e. The fraction of sp³-hybridized carbons (Fsp3) is 0.286. The van der Waals surface area contributed by atoms with Gasteiger partial charge in [0.2, 0.25) is 5.88 Å². The zero-order chi connectivity index (χ0) is 22.4. The van der Waals surface area contributed by atoms with Crippen molar-refractivity contribution in [1.82, 2.24) is 9.19 Å². The van der Waals surface area contributed by atoms with Crippen LogP contribution in [0.1, 0.15) is 23.7 Å². The average molecular weight is 499 g/mol. The van der Waals surface area contributed by atoms with Crippen molar-refractivity contribution in [2.45, 2.75) is 18.4 Å². The van der Waals surface area contributed by atoms with Gasteiger partial charge in [0.1, 0.15) is 11.1 Å². The van der Waals surface area contributed by atoms with Gasteiger partial charge in [0.25, 0.3) is 0 Å². The Morgan fingerprint density at radius 3 is 2.10 bits per heavy atom. The molecular formula is C14H7Cl3F5N3O3S. The normalized spacial score (nSPS) is 12.7. The minimum atomic E-state index is -5.89. The number of hydrogen-bond acceptors (Lipinski definition) is 5. The maximum atomic E-state index is 15.0. The molecule has 1 aromatic heterocycles. The molecule has 0 radical (unpaired) electrons. The molecule has 0 aliphatic heterocycles. The third-order valence-electron chi connectivity index (χ3n) is 3.36. The fourth-order valence-corrected chi connectivity index (χ4v) is 4.46. The molecule has 0 N–H and O–H groups in total. The Labute approximate surface area is 175 Å². The summed E-state index contributed by atoms with van der Waals surface area (Å²) in [5.74, 6) is -0.885. The molecule has 0 amide bonds. The second-order valence-corrected chi connectivity index (χ2v) is 8.19. The largest absolute Gasteiger partial charge is 0.476 e. The van der Waals surface area contributed by atoms with Crippen LogP contribution in [0.3, 0.4) is 0 Å². The van der Waals surface area contributed by atoms with Crippen LogP contribution in [0, 0.1) is 11.3 Å². The second kappa shape index (κ2) is 7.79. The number of benzene rings is 1. The van der Waals surface area contributed by atoms with Gasteiger partial charge in [-0.15, -0.1) is 9.19 Å². The summed E-state index contributed by atoms with van der Waals surface area (Å²) in [6.07, 6.45) is -4.97. The highest BCUT2D eigenvalue weighted by atomic mass is 35.5. The van der Waals surface area contributed by atoms with E-state index < -0.39 is 59.2 Å². The van der Waals surface area contributed by atoms with Crippen molar-refractivity contribution in [2.24, 2.45) is 0 Å². The zero-order valence-electron chi connectivity index (χ0n) is 13.9. The van der Waals surface area contributed by atoms with Crippen LogP contribution in [0.4, 0.5) is 22.0 Å². The molecule has 1 aromatic carbocycles. The van der Waals surface area contributed by atoms with Crippen LogP contribution in [0.25, 0.3) is 0 Å². The molecular weight excluding hydrogens is 492 g/mol. The van der Waals surface area contributed by atoms with E-state index in [0.29, 0.717) is 0 Å². The topological polar surface area (TPSA) is 85.0 Å². The molecule has 0 fully saturated rings. The predicted octanol–water partition coefficient (Wildman–Crippen LogP) is 5.06. The van der Waals surface area contributed by atoms with E-state index in [0.717, 1.165) is 0 Å². The van der Waals surface area contributed by atoms with E-state index in [9.17, 15) is 30.4 Å². The highest BCUT2D eigenvalue weighted by Gasteiger charge is 2.53.